The number of methoxy groups -OCH3 is 2. The van der Waals surface area contributed by atoms with Gasteiger partial charge in [0.1, 0.15) is 11.1 Å². The van der Waals surface area contributed by atoms with Crippen molar-refractivity contribution >= 4 is 11.8 Å². The summed E-state index contributed by atoms with van der Waals surface area (Å²) in [6.45, 7) is 2.04. The number of pyridine rings is 2. The summed E-state index contributed by atoms with van der Waals surface area (Å²) >= 11 is 1.55. The first kappa shape index (κ1) is 18.7. The van der Waals surface area contributed by atoms with Crippen LogP contribution in [0.25, 0.3) is 22.4 Å². The number of rotatable bonds is 6. The van der Waals surface area contributed by atoms with E-state index in [1.165, 1.54) is 0 Å². The number of ether oxygens (including phenoxy) is 2. The van der Waals surface area contributed by atoms with Gasteiger partial charge in [-0.05, 0) is 41.6 Å². The smallest absolute Gasteiger partial charge is 0.161 e. The second-order valence-electron chi connectivity index (χ2n) is 5.59. The highest BCUT2D eigenvalue weighted by Crippen LogP contribution is 2.37. The van der Waals surface area contributed by atoms with Gasteiger partial charge in [-0.2, -0.15) is 5.26 Å². The molecule has 5 nitrogen and oxygen atoms in total. The third-order valence-electron chi connectivity index (χ3n) is 4.03. The molecule has 0 aliphatic heterocycles. The van der Waals surface area contributed by atoms with Crippen LogP contribution in [0.5, 0.6) is 11.5 Å². The minimum absolute atomic E-state index is 0.557. The Morgan fingerprint density at radius 1 is 1.07 bits per heavy atom. The third kappa shape index (κ3) is 3.88. The first-order valence-electron chi connectivity index (χ1n) is 8.42. The van der Waals surface area contributed by atoms with Crippen molar-refractivity contribution in [1.29, 1.82) is 5.26 Å². The standard InChI is InChI=1S/C21H19N3O2S/c1-4-27-21-17(12-22)16(11-18(24-21)15-6-5-9-23-13-15)14-7-8-19(25-2)20(10-14)26-3/h5-11,13H,4H2,1-3H3. The SMILES string of the molecule is CCSc1nc(-c2cccnc2)cc(-c2ccc(OC)c(OC)c2)c1C#N. The second kappa shape index (κ2) is 8.56. The van der Waals surface area contributed by atoms with Gasteiger partial charge in [0.15, 0.2) is 11.5 Å². The molecule has 0 unspecified atom stereocenters. The highest BCUT2D eigenvalue weighted by molar-refractivity contribution is 7.99. The summed E-state index contributed by atoms with van der Waals surface area (Å²) < 4.78 is 10.8. The van der Waals surface area contributed by atoms with Crippen molar-refractivity contribution in [1.82, 2.24) is 9.97 Å². The van der Waals surface area contributed by atoms with Gasteiger partial charge in [0.05, 0.1) is 25.5 Å². The van der Waals surface area contributed by atoms with E-state index in [9.17, 15) is 5.26 Å². The van der Waals surface area contributed by atoms with Crippen molar-refractivity contribution in [3.8, 4) is 40.0 Å². The molecule has 0 amide bonds. The van der Waals surface area contributed by atoms with Crippen molar-refractivity contribution in [2.45, 2.75) is 11.9 Å². The first-order valence-corrected chi connectivity index (χ1v) is 9.41. The minimum Gasteiger partial charge on any atom is -0.493 e. The third-order valence-corrected chi connectivity index (χ3v) is 4.89. The zero-order valence-corrected chi connectivity index (χ0v) is 16.2. The molecule has 2 aromatic heterocycles. The molecule has 0 spiro atoms. The molecule has 2 heterocycles. The molecule has 6 heteroatoms. The number of nitrogens with zero attached hydrogens (tertiary/aromatic N) is 3. The lowest BCUT2D eigenvalue weighted by Gasteiger charge is -2.14. The quantitative estimate of drug-likeness (QED) is 0.574. The van der Waals surface area contributed by atoms with E-state index in [2.05, 4.69) is 11.1 Å². The fourth-order valence-electron chi connectivity index (χ4n) is 2.76. The van der Waals surface area contributed by atoms with Crippen LogP contribution in [-0.4, -0.2) is 29.9 Å². The maximum absolute atomic E-state index is 9.80. The lowest BCUT2D eigenvalue weighted by molar-refractivity contribution is 0.355. The molecule has 0 radical (unpaired) electrons. The predicted octanol–water partition coefficient (Wildman–Crippen LogP) is 4.81. The lowest BCUT2D eigenvalue weighted by Crippen LogP contribution is -1.97. The van der Waals surface area contributed by atoms with Gasteiger partial charge in [-0.3, -0.25) is 4.98 Å². The Bertz CT molecular complexity index is 985. The zero-order valence-electron chi connectivity index (χ0n) is 15.4. The average Bonchev–Trinajstić information content (AvgIpc) is 2.73. The van der Waals surface area contributed by atoms with Gasteiger partial charge in [0.2, 0.25) is 0 Å². The van der Waals surface area contributed by atoms with Crippen molar-refractivity contribution < 1.29 is 9.47 Å². The lowest BCUT2D eigenvalue weighted by atomic mass is 9.99. The first-order chi connectivity index (χ1) is 13.2. The van der Waals surface area contributed by atoms with Crippen molar-refractivity contribution in [2.24, 2.45) is 0 Å². The summed E-state index contributed by atoms with van der Waals surface area (Å²) in [4.78, 5) is 8.89. The number of hydrogen-bond acceptors (Lipinski definition) is 6. The molecule has 0 fully saturated rings. The van der Waals surface area contributed by atoms with Crippen LogP contribution in [0.3, 0.4) is 0 Å². The van der Waals surface area contributed by atoms with Gasteiger partial charge in [-0.25, -0.2) is 4.98 Å². The molecule has 0 aliphatic carbocycles. The Hall–Kier alpha value is -3.04. The second-order valence-corrected chi connectivity index (χ2v) is 6.84. The molecule has 0 aliphatic rings. The number of nitriles is 1. The average molecular weight is 377 g/mol. The van der Waals surface area contributed by atoms with Crippen LogP contribution in [0.15, 0.2) is 53.8 Å². The van der Waals surface area contributed by atoms with E-state index < -0.39 is 0 Å². The summed E-state index contributed by atoms with van der Waals surface area (Å²) in [7, 11) is 3.19. The van der Waals surface area contributed by atoms with E-state index >= 15 is 0 Å². The predicted molar refractivity (Wildman–Crippen MR) is 107 cm³/mol. The maximum atomic E-state index is 9.80. The molecule has 0 bridgehead atoms. The van der Waals surface area contributed by atoms with Gasteiger partial charge < -0.3 is 9.47 Å². The minimum atomic E-state index is 0.557. The Kier molecular flexibility index (Phi) is 5.94. The molecule has 1 aromatic carbocycles. The van der Waals surface area contributed by atoms with Crippen LogP contribution in [0, 0.1) is 11.3 Å². The van der Waals surface area contributed by atoms with E-state index in [0.29, 0.717) is 22.1 Å². The summed E-state index contributed by atoms with van der Waals surface area (Å²) in [6, 6.07) is 13.7. The van der Waals surface area contributed by atoms with Gasteiger partial charge in [-0.15, -0.1) is 11.8 Å². The molecule has 0 atom stereocenters. The van der Waals surface area contributed by atoms with Gasteiger partial charge in [0, 0.05) is 23.5 Å². The number of benzene rings is 1. The molecular weight excluding hydrogens is 358 g/mol. The number of aromatic nitrogens is 2. The van der Waals surface area contributed by atoms with E-state index in [4.69, 9.17) is 14.5 Å². The van der Waals surface area contributed by atoms with Gasteiger partial charge in [0.25, 0.3) is 0 Å². The summed E-state index contributed by atoms with van der Waals surface area (Å²) in [5, 5.41) is 10.5. The fourth-order valence-corrected chi connectivity index (χ4v) is 3.50. The van der Waals surface area contributed by atoms with E-state index in [1.54, 1.807) is 38.4 Å². The number of hydrogen-bond donors (Lipinski definition) is 0. The molecule has 0 saturated heterocycles. The van der Waals surface area contributed by atoms with Crippen LogP contribution < -0.4 is 9.47 Å². The highest BCUT2D eigenvalue weighted by Gasteiger charge is 2.17. The topological polar surface area (TPSA) is 68.0 Å². The Morgan fingerprint density at radius 2 is 1.89 bits per heavy atom. The maximum Gasteiger partial charge on any atom is 0.161 e. The van der Waals surface area contributed by atoms with Crippen molar-refractivity contribution in [3.05, 3.63) is 54.4 Å². The van der Waals surface area contributed by atoms with E-state index in [1.807, 2.05) is 43.3 Å². The molecule has 0 N–H and O–H groups in total. The van der Waals surface area contributed by atoms with E-state index in [-0.39, 0.29) is 0 Å². The van der Waals surface area contributed by atoms with Crippen LogP contribution in [0.2, 0.25) is 0 Å². The molecule has 3 aromatic rings. The highest BCUT2D eigenvalue weighted by atomic mass is 32.2. The van der Waals surface area contributed by atoms with Crippen molar-refractivity contribution in [3.63, 3.8) is 0 Å². The summed E-state index contributed by atoms with van der Waals surface area (Å²) in [6.07, 6.45) is 3.50. The molecule has 27 heavy (non-hydrogen) atoms. The van der Waals surface area contributed by atoms with Crippen LogP contribution in [0.4, 0.5) is 0 Å². The van der Waals surface area contributed by atoms with Gasteiger partial charge >= 0.3 is 0 Å². The summed E-state index contributed by atoms with van der Waals surface area (Å²) in [5.41, 5.74) is 3.92. The molecule has 0 saturated carbocycles. The molecule has 3 rings (SSSR count). The molecular formula is C21H19N3O2S. The van der Waals surface area contributed by atoms with Crippen LogP contribution in [-0.2, 0) is 0 Å². The Balaban J connectivity index is 2.24. The van der Waals surface area contributed by atoms with Crippen LogP contribution >= 0.6 is 11.8 Å². The van der Waals surface area contributed by atoms with E-state index in [0.717, 1.165) is 28.1 Å². The Labute approximate surface area is 163 Å². The van der Waals surface area contributed by atoms with Crippen molar-refractivity contribution in [2.75, 3.05) is 20.0 Å². The van der Waals surface area contributed by atoms with Crippen LogP contribution in [0.1, 0.15) is 12.5 Å². The Morgan fingerprint density at radius 3 is 2.52 bits per heavy atom. The summed E-state index contributed by atoms with van der Waals surface area (Å²) in [5.74, 6) is 2.08. The van der Waals surface area contributed by atoms with Gasteiger partial charge in [-0.1, -0.05) is 13.0 Å². The fraction of sp³-hybridized carbons (Fsp3) is 0.190. The normalized spacial score (nSPS) is 10.3. The monoisotopic (exact) mass is 377 g/mol. The molecule has 136 valence electrons. The zero-order chi connectivity index (χ0) is 19.2. The largest absolute Gasteiger partial charge is 0.493 e. The number of thioether (sulfide) groups is 1.